The number of aromatic nitrogens is 1. The summed E-state index contributed by atoms with van der Waals surface area (Å²) in [7, 11) is 0. The van der Waals surface area contributed by atoms with Gasteiger partial charge in [-0.1, -0.05) is 0 Å². The van der Waals surface area contributed by atoms with Crippen molar-refractivity contribution in [3.8, 4) is 5.88 Å². The summed E-state index contributed by atoms with van der Waals surface area (Å²) in [6.07, 6.45) is 0. The smallest absolute Gasteiger partial charge is 0.189 e. The number of aromatic amines is 1. The number of fused-ring (bicyclic) bond motifs is 1. The maximum absolute atomic E-state index is 12.9. The fraction of sp³-hybridized carbons (Fsp3) is 0. The number of hydrogen-bond acceptors (Lipinski definition) is 1. The molecule has 0 radical (unpaired) electrons. The molecule has 0 bridgehead atoms. The standard InChI is InChI=1S/C8H5F2NO/c9-5-1-4-2-7(12)11-8(4)6(10)3-5/h1-3,11-12H. The van der Waals surface area contributed by atoms with Crippen LogP contribution in [-0.4, -0.2) is 10.1 Å². The predicted octanol–water partition coefficient (Wildman–Crippen LogP) is 2.15. The van der Waals surface area contributed by atoms with Crippen molar-refractivity contribution in [2.75, 3.05) is 0 Å². The van der Waals surface area contributed by atoms with Gasteiger partial charge in [-0.2, -0.15) is 0 Å². The first kappa shape index (κ1) is 7.09. The van der Waals surface area contributed by atoms with E-state index in [-0.39, 0.29) is 11.4 Å². The molecule has 2 N–H and O–H groups in total. The van der Waals surface area contributed by atoms with Gasteiger partial charge >= 0.3 is 0 Å². The molecule has 62 valence electrons. The molecule has 0 aliphatic heterocycles. The number of halogens is 2. The van der Waals surface area contributed by atoms with E-state index in [0.29, 0.717) is 5.39 Å². The number of nitrogens with one attached hydrogen (secondary N) is 1. The van der Waals surface area contributed by atoms with Gasteiger partial charge in [-0.25, -0.2) is 8.78 Å². The van der Waals surface area contributed by atoms with Crippen LogP contribution in [0.3, 0.4) is 0 Å². The maximum Gasteiger partial charge on any atom is 0.189 e. The van der Waals surface area contributed by atoms with Crippen LogP contribution in [-0.2, 0) is 0 Å². The van der Waals surface area contributed by atoms with Gasteiger partial charge in [0, 0.05) is 17.5 Å². The molecule has 4 heteroatoms. The van der Waals surface area contributed by atoms with Gasteiger partial charge in [0.1, 0.15) is 11.6 Å². The summed E-state index contributed by atoms with van der Waals surface area (Å²) in [6.45, 7) is 0. The average molecular weight is 169 g/mol. The summed E-state index contributed by atoms with van der Waals surface area (Å²) in [5.74, 6) is -1.53. The number of rotatable bonds is 0. The molecular formula is C8H5F2NO. The third-order valence-electron chi connectivity index (χ3n) is 1.63. The van der Waals surface area contributed by atoms with E-state index in [1.807, 2.05) is 0 Å². The molecule has 2 nitrogen and oxygen atoms in total. The van der Waals surface area contributed by atoms with Gasteiger partial charge < -0.3 is 10.1 Å². The topological polar surface area (TPSA) is 36.0 Å². The lowest BCUT2D eigenvalue weighted by Gasteiger charge is -1.91. The maximum atomic E-state index is 12.9. The van der Waals surface area contributed by atoms with Gasteiger partial charge in [-0.3, -0.25) is 0 Å². The third kappa shape index (κ3) is 0.922. The molecule has 1 aromatic heterocycles. The van der Waals surface area contributed by atoms with Gasteiger partial charge in [0.05, 0.1) is 5.52 Å². The van der Waals surface area contributed by atoms with Crippen LogP contribution in [0.1, 0.15) is 0 Å². The molecule has 0 fully saturated rings. The van der Waals surface area contributed by atoms with Crippen molar-refractivity contribution in [2.24, 2.45) is 0 Å². The lowest BCUT2D eigenvalue weighted by atomic mass is 10.2. The number of H-pyrrole nitrogens is 1. The lowest BCUT2D eigenvalue weighted by molar-refractivity contribution is 0.458. The van der Waals surface area contributed by atoms with E-state index < -0.39 is 11.6 Å². The molecule has 0 unspecified atom stereocenters. The van der Waals surface area contributed by atoms with E-state index >= 15 is 0 Å². The Morgan fingerprint density at radius 2 is 1.92 bits per heavy atom. The fourth-order valence-corrected chi connectivity index (χ4v) is 1.15. The largest absolute Gasteiger partial charge is 0.495 e. The van der Waals surface area contributed by atoms with Gasteiger partial charge in [0.2, 0.25) is 0 Å². The highest BCUT2D eigenvalue weighted by Crippen LogP contribution is 2.22. The second-order valence-electron chi connectivity index (χ2n) is 2.51. The minimum absolute atomic E-state index is 0.119. The Balaban J connectivity index is 2.88. The van der Waals surface area contributed by atoms with Crippen LogP contribution in [0.5, 0.6) is 5.88 Å². The van der Waals surface area contributed by atoms with E-state index in [0.717, 1.165) is 12.1 Å². The van der Waals surface area contributed by atoms with Crippen LogP contribution in [0.4, 0.5) is 8.78 Å². The minimum atomic E-state index is -0.703. The summed E-state index contributed by atoms with van der Waals surface area (Å²) in [5, 5.41) is 9.25. The van der Waals surface area contributed by atoms with E-state index in [2.05, 4.69) is 4.98 Å². The molecule has 0 spiro atoms. The normalized spacial score (nSPS) is 10.8. The molecule has 0 atom stereocenters. The van der Waals surface area contributed by atoms with Crippen LogP contribution in [0, 0.1) is 11.6 Å². The van der Waals surface area contributed by atoms with E-state index in [1.165, 1.54) is 6.07 Å². The van der Waals surface area contributed by atoms with E-state index in [1.54, 1.807) is 0 Å². The Bertz CT molecular complexity index is 436. The van der Waals surface area contributed by atoms with Crippen molar-refractivity contribution in [2.45, 2.75) is 0 Å². The van der Waals surface area contributed by atoms with Crippen LogP contribution < -0.4 is 0 Å². The molecular weight excluding hydrogens is 164 g/mol. The van der Waals surface area contributed by atoms with Crippen molar-refractivity contribution in [3.63, 3.8) is 0 Å². The van der Waals surface area contributed by atoms with Crippen LogP contribution in [0.25, 0.3) is 10.9 Å². The molecule has 1 aromatic carbocycles. The Morgan fingerprint density at radius 3 is 2.67 bits per heavy atom. The minimum Gasteiger partial charge on any atom is -0.495 e. The van der Waals surface area contributed by atoms with Crippen molar-refractivity contribution >= 4 is 10.9 Å². The number of aromatic hydroxyl groups is 1. The highest BCUT2D eigenvalue weighted by atomic mass is 19.1. The molecule has 2 rings (SSSR count). The van der Waals surface area contributed by atoms with Gasteiger partial charge in [0.15, 0.2) is 5.88 Å². The molecule has 0 amide bonds. The van der Waals surface area contributed by atoms with E-state index in [4.69, 9.17) is 5.11 Å². The molecule has 0 aliphatic carbocycles. The second kappa shape index (κ2) is 2.20. The second-order valence-corrected chi connectivity index (χ2v) is 2.51. The third-order valence-corrected chi connectivity index (χ3v) is 1.63. The first-order chi connectivity index (χ1) is 5.66. The Kier molecular flexibility index (Phi) is 1.30. The Labute approximate surface area is 66.4 Å². The summed E-state index contributed by atoms with van der Waals surface area (Å²) in [5.41, 5.74) is 0.119. The molecule has 2 aromatic rings. The van der Waals surface area contributed by atoms with Crippen LogP contribution in [0.15, 0.2) is 18.2 Å². The molecule has 0 aliphatic rings. The van der Waals surface area contributed by atoms with Crippen molar-refractivity contribution in [3.05, 3.63) is 29.8 Å². The Morgan fingerprint density at radius 1 is 1.17 bits per heavy atom. The van der Waals surface area contributed by atoms with Crippen LogP contribution in [0.2, 0.25) is 0 Å². The highest BCUT2D eigenvalue weighted by molar-refractivity contribution is 5.81. The quantitative estimate of drug-likeness (QED) is 0.622. The zero-order valence-corrected chi connectivity index (χ0v) is 5.94. The first-order valence-corrected chi connectivity index (χ1v) is 3.33. The van der Waals surface area contributed by atoms with Crippen molar-refractivity contribution in [1.29, 1.82) is 0 Å². The lowest BCUT2D eigenvalue weighted by Crippen LogP contribution is -1.80. The average Bonchev–Trinajstić information content (AvgIpc) is 2.29. The van der Waals surface area contributed by atoms with Crippen LogP contribution >= 0.6 is 0 Å². The number of hydrogen-bond donors (Lipinski definition) is 2. The Hall–Kier alpha value is -1.58. The first-order valence-electron chi connectivity index (χ1n) is 3.33. The summed E-state index contributed by atoms with van der Waals surface area (Å²) in [4.78, 5) is 2.37. The number of benzene rings is 1. The van der Waals surface area contributed by atoms with Gasteiger partial charge in [-0.05, 0) is 6.07 Å². The molecule has 1 heterocycles. The summed E-state index contributed by atoms with van der Waals surface area (Å²) < 4.78 is 25.4. The predicted molar refractivity (Wildman–Crippen MR) is 39.9 cm³/mol. The monoisotopic (exact) mass is 169 g/mol. The summed E-state index contributed by atoms with van der Waals surface area (Å²) >= 11 is 0. The SMILES string of the molecule is Oc1cc2cc(F)cc(F)c2[nH]1. The molecule has 0 saturated carbocycles. The zero-order valence-electron chi connectivity index (χ0n) is 5.94. The van der Waals surface area contributed by atoms with E-state index in [9.17, 15) is 8.78 Å². The van der Waals surface area contributed by atoms with Crippen molar-refractivity contribution < 1.29 is 13.9 Å². The van der Waals surface area contributed by atoms with Gasteiger partial charge in [0.25, 0.3) is 0 Å². The zero-order chi connectivity index (χ0) is 8.72. The fourth-order valence-electron chi connectivity index (χ4n) is 1.15. The summed E-state index contributed by atoms with van der Waals surface area (Å²) in [6, 6.07) is 3.18. The molecule has 12 heavy (non-hydrogen) atoms. The highest BCUT2D eigenvalue weighted by Gasteiger charge is 2.06. The van der Waals surface area contributed by atoms with Crippen molar-refractivity contribution in [1.82, 2.24) is 4.98 Å². The van der Waals surface area contributed by atoms with Gasteiger partial charge in [-0.15, -0.1) is 0 Å². The molecule has 0 saturated heterocycles.